The number of aliphatic hydroxyl groups excluding tert-OH is 1. The minimum atomic E-state index is -0.550. The summed E-state index contributed by atoms with van der Waals surface area (Å²) in [5.41, 5.74) is 0.562. The molecule has 0 aromatic carbocycles. The van der Waals surface area contributed by atoms with Crippen LogP contribution in [0, 0.1) is 16.7 Å². The molecule has 13 heavy (non-hydrogen) atoms. The van der Waals surface area contributed by atoms with Gasteiger partial charge in [-0.2, -0.15) is 0 Å². The Bertz CT molecular complexity index is 272. The normalized spacial score (nSPS) is 50.3. The number of rotatable bonds is 0. The summed E-state index contributed by atoms with van der Waals surface area (Å²) in [6, 6.07) is 0. The van der Waals surface area contributed by atoms with E-state index in [0.717, 1.165) is 12.8 Å². The molecule has 0 amide bonds. The average molecular weight is 183 g/mol. The second kappa shape index (κ2) is 2.27. The Hall–Kier alpha value is -0.570. The van der Waals surface area contributed by atoms with Crippen LogP contribution in [0.1, 0.15) is 33.6 Å². The van der Waals surface area contributed by atoms with Crippen molar-refractivity contribution in [3.63, 3.8) is 0 Å². The molecule has 74 valence electrons. The lowest BCUT2D eigenvalue weighted by Crippen LogP contribution is -2.37. The predicted octanol–water partition coefficient (Wildman–Crippen LogP) is 1.63. The number of hydrogen-bond donors (Lipinski definition) is 2. The largest absolute Gasteiger partial charge is 0.411 e. The van der Waals surface area contributed by atoms with Crippen LogP contribution >= 0.6 is 0 Å². The summed E-state index contributed by atoms with van der Waals surface area (Å²) in [4.78, 5) is 0. The zero-order valence-corrected chi connectivity index (χ0v) is 8.41. The van der Waals surface area contributed by atoms with Gasteiger partial charge in [-0.3, -0.25) is 0 Å². The molecule has 0 aliphatic heterocycles. The zero-order valence-electron chi connectivity index (χ0n) is 8.41. The first-order chi connectivity index (χ1) is 5.95. The Morgan fingerprint density at radius 1 is 1.38 bits per heavy atom. The Balaban J connectivity index is 2.51. The molecule has 0 spiro atoms. The predicted molar refractivity (Wildman–Crippen MR) is 49.8 cm³/mol. The third kappa shape index (κ3) is 0.766. The molecule has 3 nitrogen and oxygen atoms in total. The molecule has 0 aromatic rings. The molecule has 2 aliphatic carbocycles. The van der Waals surface area contributed by atoms with E-state index in [-0.39, 0.29) is 16.7 Å². The van der Waals surface area contributed by atoms with E-state index >= 15 is 0 Å². The molecular weight excluding hydrogens is 166 g/mol. The van der Waals surface area contributed by atoms with Crippen LogP contribution in [-0.2, 0) is 0 Å². The number of aliphatic hydroxyl groups is 1. The van der Waals surface area contributed by atoms with Crippen molar-refractivity contribution in [2.75, 3.05) is 0 Å². The molecule has 2 bridgehead atoms. The fourth-order valence-electron chi connectivity index (χ4n) is 3.17. The monoisotopic (exact) mass is 183 g/mol. The van der Waals surface area contributed by atoms with Crippen molar-refractivity contribution >= 4 is 5.71 Å². The number of hydrogen-bond acceptors (Lipinski definition) is 3. The summed E-state index contributed by atoms with van der Waals surface area (Å²) in [5, 5.41) is 22.1. The summed E-state index contributed by atoms with van der Waals surface area (Å²) in [7, 11) is 0. The highest BCUT2D eigenvalue weighted by Gasteiger charge is 2.64. The smallest absolute Gasteiger partial charge is 0.102 e. The molecule has 0 radical (unpaired) electrons. The average Bonchev–Trinajstić information content (AvgIpc) is 2.36. The SMILES string of the molecule is CC1(C)C2CCC1(C)[C@H](O)/C2=N\O. The Labute approximate surface area is 78.4 Å². The van der Waals surface area contributed by atoms with Crippen LogP contribution in [0.2, 0.25) is 0 Å². The fourth-order valence-corrected chi connectivity index (χ4v) is 3.17. The van der Waals surface area contributed by atoms with Crippen LogP contribution < -0.4 is 0 Å². The summed E-state index contributed by atoms with van der Waals surface area (Å²) < 4.78 is 0. The van der Waals surface area contributed by atoms with Crippen molar-refractivity contribution in [2.24, 2.45) is 21.9 Å². The first-order valence-corrected chi connectivity index (χ1v) is 4.85. The minimum absolute atomic E-state index is 0.0635. The second-order valence-corrected chi connectivity index (χ2v) is 5.16. The van der Waals surface area contributed by atoms with Gasteiger partial charge in [0.1, 0.15) is 6.10 Å². The maximum absolute atomic E-state index is 9.98. The molecule has 0 heterocycles. The highest BCUT2D eigenvalue weighted by atomic mass is 16.4. The summed E-state index contributed by atoms with van der Waals surface area (Å²) >= 11 is 0. The van der Waals surface area contributed by atoms with E-state index in [2.05, 4.69) is 25.9 Å². The second-order valence-electron chi connectivity index (χ2n) is 5.16. The Morgan fingerprint density at radius 3 is 2.31 bits per heavy atom. The molecule has 0 aromatic heterocycles. The van der Waals surface area contributed by atoms with E-state index < -0.39 is 6.10 Å². The number of nitrogens with zero attached hydrogens (tertiary/aromatic N) is 1. The van der Waals surface area contributed by atoms with Crippen molar-refractivity contribution in [1.29, 1.82) is 0 Å². The van der Waals surface area contributed by atoms with E-state index in [9.17, 15) is 5.11 Å². The lowest BCUT2D eigenvalue weighted by atomic mass is 9.70. The number of oxime groups is 1. The third-order valence-electron chi connectivity index (χ3n) is 4.65. The van der Waals surface area contributed by atoms with E-state index in [1.54, 1.807) is 0 Å². The molecule has 0 saturated heterocycles. The summed E-state index contributed by atoms with van der Waals surface area (Å²) in [6.45, 7) is 6.41. The zero-order chi connectivity index (χ0) is 9.85. The topological polar surface area (TPSA) is 52.8 Å². The van der Waals surface area contributed by atoms with Gasteiger partial charge >= 0.3 is 0 Å². The lowest BCUT2D eigenvalue weighted by Gasteiger charge is -2.35. The molecule has 2 aliphatic rings. The minimum Gasteiger partial charge on any atom is -0.411 e. The number of fused-ring (bicyclic) bond motifs is 2. The van der Waals surface area contributed by atoms with Crippen molar-refractivity contribution in [1.82, 2.24) is 0 Å². The molecule has 2 N–H and O–H groups in total. The molecule has 2 fully saturated rings. The van der Waals surface area contributed by atoms with Gasteiger partial charge in [0.05, 0.1) is 5.71 Å². The van der Waals surface area contributed by atoms with Crippen LogP contribution in [0.15, 0.2) is 5.16 Å². The molecular formula is C10H17NO2. The molecule has 2 rings (SSSR count). The Morgan fingerprint density at radius 2 is 2.00 bits per heavy atom. The van der Waals surface area contributed by atoms with Crippen molar-refractivity contribution in [3.05, 3.63) is 0 Å². The van der Waals surface area contributed by atoms with Gasteiger partial charge < -0.3 is 10.3 Å². The fraction of sp³-hybridized carbons (Fsp3) is 0.900. The van der Waals surface area contributed by atoms with Crippen molar-refractivity contribution < 1.29 is 10.3 Å². The molecule has 2 saturated carbocycles. The van der Waals surface area contributed by atoms with Gasteiger partial charge in [-0.25, -0.2) is 0 Å². The third-order valence-corrected chi connectivity index (χ3v) is 4.65. The summed E-state index contributed by atoms with van der Waals surface area (Å²) in [6.07, 6.45) is 1.52. The summed E-state index contributed by atoms with van der Waals surface area (Å²) in [5.74, 6) is 0.262. The van der Waals surface area contributed by atoms with Gasteiger partial charge in [0.25, 0.3) is 0 Å². The van der Waals surface area contributed by atoms with Gasteiger partial charge in [0.15, 0.2) is 0 Å². The van der Waals surface area contributed by atoms with E-state index in [1.807, 2.05) is 0 Å². The highest BCUT2D eigenvalue weighted by molar-refractivity contribution is 5.95. The van der Waals surface area contributed by atoms with Crippen LogP contribution in [0.4, 0.5) is 0 Å². The van der Waals surface area contributed by atoms with Crippen LogP contribution in [-0.4, -0.2) is 22.1 Å². The van der Waals surface area contributed by atoms with Crippen molar-refractivity contribution in [3.8, 4) is 0 Å². The van der Waals surface area contributed by atoms with Crippen molar-refractivity contribution in [2.45, 2.75) is 39.7 Å². The van der Waals surface area contributed by atoms with Gasteiger partial charge in [-0.15, -0.1) is 0 Å². The Kier molecular flexibility index (Phi) is 1.57. The van der Waals surface area contributed by atoms with Gasteiger partial charge in [-0.1, -0.05) is 25.9 Å². The maximum atomic E-state index is 9.98. The van der Waals surface area contributed by atoms with E-state index in [4.69, 9.17) is 5.21 Å². The standard InChI is InChI=1S/C10H17NO2/c1-9(2)6-4-5-10(9,3)8(12)7(6)11-13/h6,8,12-13H,4-5H2,1-3H3/b11-7-/t6?,8-,10?/m1/s1. The molecule has 3 heteroatoms. The molecule has 3 atom stereocenters. The quantitative estimate of drug-likeness (QED) is 0.443. The van der Waals surface area contributed by atoms with Gasteiger partial charge in [-0.05, 0) is 18.3 Å². The highest BCUT2D eigenvalue weighted by Crippen LogP contribution is 2.64. The van der Waals surface area contributed by atoms with Crippen LogP contribution in [0.3, 0.4) is 0 Å². The van der Waals surface area contributed by atoms with Gasteiger partial charge in [0.2, 0.25) is 0 Å². The van der Waals surface area contributed by atoms with Crippen LogP contribution in [0.25, 0.3) is 0 Å². The first kappa shape index (κ1) is 9.00. The van der Waals surface area contributed by atoms with Gasteiger partial charge in [0, 0.05) is 11.3 Å². The maximum Gasteiger partial charge on any atom is 0.102 e. The van der Waals surface area contributed by atoms with E-state index in [0.29, 0.717) is 5.71 Å². The first-order valence-electron chi connectivity index (χ1n) is 4.85. The van der Waals surface area contributed by atoms with Crippen LogP contribution in [0.5, 0.6) is 0 Å². The lowest BCUT2D eigenvalue weighted by molar-refractivity contribution is 0.0332. The van der Waals surface area contributed by atoms with E-state index in [1.165, 1.54) is 0 Å². The molecule has 2 unspecified atom stereocenters.